The third-order valence-electron chi connectivity index (χ3n) is 3.34. The zero-order valence-corrected chi connectivity index (χ0v) is 15.0. The molecule has 0 spiro atoms. The Morgan fingerprint density at radius 2 is 1.84 bits per heavy atom. The first-order valence-corrected chi connectivity index (χ1v) is 8.66. The van der Waals surface area contributed by atoms with Crippen LogP contribution in [0.3, 0.4) is 0 Å². The van der Waals surface area contributed by atoms with Gasteiger partial charge in [-0.05, 0) is 54.5 Å². The molecule has 5 heteroatoms. The van der Waals surface area contributed by atoms with Gasteiger partial charge in [0.25, 0.3) is 0 Å². The number of ether oxygens (including phenoxy) is 1. The van der Waals surface area contributed by atoms with Crippen molar-refractivity contribution in [3.05, 3.63) is 66.2 Å². The average Bonchev–Trinajstić information content (AvgIpc) is 2.62. The van der Waals surface area contributed by atoms with Gasteiger partial charge >= 0.3 is 0 Å². The number of nitrogens with one attached hydrogen (secondary N) is 2. The first-order chi connectivity index (χ1) is 12.2. The minimum absolute atomic E-state index is 0.252. The number of unbranched alkanes of at least 4 members (excludes halogenated alkanes) is 1. The lowest BCUT2D eigenvalue weighted by Gasteiger charge is -2.09. The molecule has 0 aliphatic carbocycles. The fraction of sp³-hybridized carbons (Fsp3) is 0.200. The molecule has 0 radical (unpaired) electrons. The quantitative estimate of drug-likeness (QED) is 0.440. The minimum atomic E-state index is -0.277. The summed E-state index contributed by atoms with van der Waals surface area (Å²) in [5, 5.41) is 5.85. The maximum atomic E-state index is 11.9. The maximum Gasteiger partial charge on any atom is 0.250 e. The maximum absolute atomic E-state index is 11.9. The van der Waals surface area contributed by atoms with Crippen molar-refractivity contribution in [2.45, 2.75) is 19.8 Å². The van der Waals surface area contributed by atoms with Gasteiger partial charge < -0.3 is 10.1 Å². The molecule has 2 aromatic rings. The molecule has 0 heterocycles. The molecule has 2 rings (SSSR count). The van der Waals surface area contributed by atoms with Crippen molar-refractivity contribution in [2.24, 2.45) is 0 Å². The van der Waals surface area contributed by atoms with Gasteiger partial charge in [-0.25, -0.2) is 0 Å². The van der Waals surface area contributed by atoms with Crippen LogP contribution in [-0.2, 0) is 4.79 Å². The Morgan fingerprint density at radius 3 is 2.52 bits per heavy atom. The summed E-state index contributed by atoms with van der Waals surface area (Å²) in [7, 11) is 0. The van der Waals surface area contributed by atoms with Gasteiger partial charge in [-0.1, -0.05) is 43.7 Å². The topological polar surface area (TPSA) is 50.4 Å². The van der Waals surface area contributed by atoms with E-state index in [-0.39, 0.29) is 11.0 Å². The van der Waals surface area contributed by atoms with E-state index in [1.54, 1.807) is 6.08 Å². The van der Waals surface area contributed by atoms with E-state index in [1.807, 2.05) is 54.6 Å². The monoisotopic (exact) mass is 354 g/mol. The molecule has 0 aromatic heterocycles. The van der Waals surface area contributed by atoms with Crippen LogP contribution in [0, 0.1) is 0 Å². The molecule has 25 heavy (non-hydrogen) atoms. The van der Waals surface area contributed by atoms with E-state index in [4.69, 9.17) is 17.0 Å². The molecule has 130 valence electrons. The van der Waals surface area contributed by atoms with Gasteiger partial charge in [0.15, 0.2) is 5.11 Å². The van der Waals surface area contributed by atoms with Crippen molar-refractivity contribution in [1.29, 1.82) is 0 Å². The second kappa shape index (κ2) is 10.3. The van der Waals surface area contributed by atoms with Gasteiger partial charge in [0.05, 0.1) is 6.61 Å². The van der Waals surface area contributed by atoms with Crippen LogP contribution in [0.25, 0.3) is 6.08 Å². The summed E-state index contributed by atoms with van der Waals surface area (Å²) in [6.07, 6.45) is 5.33. The number of anilines is 1. The number of hydrogen-bond acceptors (Lipinski definition) is 3. The van der Waals surface area contributed by atoms with Crippen molar-refractivity contribution in [2.75, 3.05) is 11.9 Å². The lowest BCUT2D eigenvalue weighted by molar-refractivity contribution is -0.115. The molecule has 0 unspecified atom stereocenters. The molecule has 0 bridgehead atoms. The number of rotatable bonds is 7. The zero-order valence-electron chi connectivity index (χ0n) is 14.2. The molecular formula is C20H22N2O2S. The SMILES string of the molecule is CCCCOc1ccc(NC(=S)NC(=O)/C=C/c2ccccc2)cc1. The van der Waals surface area contributed by atoms with Crippen molar-refractivity contribution < 1.29 is 9.53 Å². The summed E-state index contributed by atoms with van der Waals surface area (Å²) >= 11 is 5.15. The van der Waals surface area contributed by atoms with Crippen molar-refractivity contribution >= 4 is 35.0 Å². The van der Waals surface area contributed by atoms with E-state index < -0.39 is 0 Å². The van der Waals surface area contributed by atoms with Crippen LogP contribution in [0.1, 0.15) is 25.3 Å². The summed E-state index contributed by atoms with van der Waals surface area (Å²) in [5.41, 5.74) is 1.75. The highest BCUT2D eigenvalue weighted by atomic mass is 32.1. The molecule has 0 fully saturated rings. The number of carbonyl (C=O) groups excluding carboxylic acids is 1. The van der Waals surface area contributed by atoms with E-state index in [0.717, 1.165) is 29.8 Å². The summed E-state index contributed by atoms with van der Waals surface area (Å²) in [5.74, 6) is 0.542. The minimum Gasteiger partial charge on any atom is -0.494 e. The molecule has 4 nitrogen and oxygen atoms in total. The first-order valence-electron chi connectivity index (χ1n) is 8.25. The second-order valence-corrected chi connectivity index (χ2v) is 5.82. The van der Waals surface area contributed by atoms with Gasteiger partial charge in [0.1, 0.15) is 5.75 Å². The fourth-order valence-corrected chi connectivity index (χ4v) is 2.24. The zero-order chi connectivity index (χ0) is 17.9. The Balaban J connectivity index is 1.79. The Labute approximate surface area is 153 Å². The van der Waals surface area contributed by atoms with E-state index >= 15 is 0 Å². The molecular weight excluding hydrogens is 332 g/mol. The predicted octanol–water partition coefficient (Wildman–Crippen LogP) is 4.39. The highest BCUT2D eigenvalue weighted by Gasteiger charge is 2.02. The third-order valence-corrected chi connectivity index (χ3v) is 3.55. The third kappa shape index (κ3) is 7.18. The smallest absolute Gasteiger partial charge is 0.250 e. The predicted molar refractivity (Wildman–Crippen MR) is 107 cm³/mol. The summed E-state index contributed by atoms with van der Waals surface area (Å²) < 4.78 is 5.61. The molecule has 0 saturated carbocycles. The van der Waals surface area contributed by atoms with Crippen molar-refractivity contribution in [1.82, 2.24) is 5.32 Å². The largest absolute Gasteiger partial charge is 0.494 e. The molecule has 2 N–H and O–H groups in total. The summed E-state index contributed by atoms with van der Waals surface area (Å²) in [6, 6.07) is 17.1. The number of amides is 1. The van der Waals surface area contributed by atoms with Gasteiger partial charge in [-0.15, -0.1) is 0 Å². The van der Waals surface area contributed by atoms with Crippen LogP contribution in [-0.4, -0.2) is 17.6 Å². The van der Waals surface area contributed by atoms with Crippen molar-refractivity contribution in [3.8, 4) is 5.75 Å². The molecule has 2 aromatic carbocycles. The number of carbonyl (C=O) groups is 1. The summed E-state index contributed by atoms with van der Waals surface area (Å²) in [6.45, 7) is 2.84. The molecule has 0 saturated heterocycles. The lowest BCUT2D eigenvalue weighted by Crippen LogP contribution is -2.32. The molecule has 1 amide bonds. The number of benzene rings is 2. The Bertz CT molecular complexity index is 712. The van der Waals surface area contributed by atoms with Crippen LogP contribution < -0.4 is 15.4 Å². The second-order valence-electron chi connectivity index (χ2n) is 5.41. The Morgan fingerprint density at radius 1 is 1.12 bits per heavy atom. The van der Waals surface area contributed by atoms with Gasteiger partial charge in [-0.3, -0.25) is 10.1 Å². The van der Waals surface area contributed by atoms with E-state index in [0.29, 0.717) is 6.61 Å². The van der Waals surface area contributed by atoms with Gasteiger partial charge in [-0.2, -0.15) is 0 Å². The first kappa shape index (κ1) is 18.7. The van der Waals surface area contributed by atoms with E-state index in [2.05, 4.69) is 17.6 Å². The standard InChI is InChI=1S/C20H22N2O2S/c1-2-3-15-24-18-12-10-17(11-13-18)21-20(25)22-19(23)14-9-16-7-5-4-6-8-16/h4-14H,2-3,15H2,1H3,(H2,21,22,23,25)/b14-9+. The Hall–Kier alpha value is -2.66. The molecule has 0 aliphatic rings. The van der Waals surface area contributed by atoms with Crippen LogP contribution in [0.2, 0.25) is 0 Å². The number of thiocarbonyl (C=S) groups is 1. The highest BCUT2D eigenvalue weighted by molar-refractivity contribution is 7.80. The number of hydrogen-bond donors (Lipinski definition) is 2. The van der Waals surface area contributed by atoms with Crippen LogP contribution in [0.15, 0.2) is 60.7 Å². The van der Waals surface area contributed by atoms with Crippen LogP contribution in [0.4, 0.5) is 5.69 Å². The van der Waals surface area contributed by atoms with Crippen LogP contribution in [0.5, 0.6) is 5.75 Å². The van der Waals surface area contributed by atoms with E-state index in [9.17, 15) is 4.79 Å². The molecule has 0 atom stereocenters. The highest BCUT2D eigenvalue weighted by Crippen LogP contribution is 2.16. The van der Waals surface area contributed by atoms with Gasteiger partial charge in [0, 0.05) is 11.8 Å². The van der Waals surface area contributed by atoms with E-state index in [1.165, 1.54) is 6.08 Å². The Kier molecular flexibility index (Phi) is 7.66. The van der Waals surface area contributed by atoms with Crippen LogP contribution >= 0.6 is 12.2 Å². The lowest BCUT2D eigenvalue weighted by atomic mass is 10.2. The van der Waals surface area contributed by atoms with Crippen molar-refractivity contribution in [3.63, 3.8) is 0 Å². The average molecular weight is 354 g/mol. The summed E-state index contributed by atoms with van der Waals surface area (Å²) in [4.78, 5) is 11.9. The van der Waals surface area contributed by atoms with Gasteiger partial charge in [0.2, 0.25) is 5.91 Å². The molecule has 0 aliphatic heterocycles. The fourth-order valence-electron chi connectivity index (χ4n) is 2.02. The normalized spacial score (nSPS) is 10.4.